The molecule has 0 unspecified atom stereocenters. The number of hydrogen-bond donors (Lipinski definition) is 2. The number of amides is 1. The van der Waals surface area contributed by atoms with Gasteiger partial charge in [0, 0.05) is 67.1 Å². The number of thioether (sulfide) groups is 1. The van der Waals surface area contributed by atoms with E-state index in [0.717, 1.165) is 87.2 Å². The van der Waals surface area contributed by atoms with E-state index in [9.17, 15) is 4.79 Å². The van der Waals surface area contributed by atoms with Gasteiger partial charge in [-0.25, -0.2) is 4.98 Å². The maximum atomic E-state index is 12.7. The third-order valence-electron chi connectivity index (χ3n) is 5.63. The van der Waals surface area contributed by atoms with Crippen LogP contribution in [0.5, 0.6) is 0 Å². The van der Waals surface area contributed by atoms with Crippen molar-refractivity contribution in [3.8, 4) is 0 Å². The summed E-state index contributed by atoms with van der Waals surface area (Å²) < 4.78 is 0. The molecule has 1 saturated heterocycles. The molecule has 8 heteroatoms. The van der Waals surface area contributed by atoms with Gasteiger partial charge in [-0.15, -0.1) is 11.3 Å². The molecule has 1 saturated carbocycles. The fraction of sp³-hybridized carbons (Fsp3) is 0.762. The molecular weight excluding hydrogens is 402 g/mol. The van der Waals surface area contributed by atoms with E-state index in [2.05, 4.69) is 34.4 Å². The normalized spacial score (nSPS) is 23.1. The van der Waals surface area contributed by atoms with Crippen LogP contribution in [0.25, 0.3) is 0 Å². The van der Waals surface area contributed by atoms with Crippen LogP contribution in [0.4, 0.5) is 0 Å². The van der Waals surface area contributed by atoms with Crippen molar-refractivity contribution in [3.63, 3.8) is 0 Å². The van der Waals surface area contributed by atoms with Crippen molar-refractivity contribution in [1.82, 2.24) is 20.5 Å². The van der Waals surface area contributed by atoms with Crippen LogP contribution in [0, 0.1) is 5.92 Å². The minimum Gasteiger partial charge on any atom is -0.357 e. The zero-order chi connectivity index (χ0) is 20.5. The monoisotopic (exact) mass is 437 g/mol. The molecule has 1 aromatic heterocycles. The van der Waals surface area contributed by atoms with Crippen molar-refractivity contribution >= 4 is 35.0 Å². The first kappa shape index (κ1) is 22.4. The summed E-state index contributed by atoms with van der Waals surface area (Å²) in [4.78, 5) is 25.4. The molecule has 0 radical (unpaired) electrons. The summed E-state index contributed by atoms with van der Waals surface area (Å²) in [7, 11) is 0. The molecule has 1 aliphatic heterocycles. The van der Waals surface area contributed by atoms with Gasteiger partial charge in [-0.2, -0.15) is 11.8 Å². The Hall–Kier alpha value is -1.28. The first-order valence-electron chi connectivity index (χ1n) is 11.0. The minimum absolute atomic E-state index is 0.216. The van der Waals surface area contributed by atoms with Crippen LogP contribution in [0.1, 0.15) is 49.4 Å². The zero-order valence-electron chi connectivity index (χ0n) is 17.8. The number of nitrogens with one attached hydrogen (secondary N) is 2. The Morgan fingerprint density at radius 2 is 2.00 bits per heavy atom. The Bertz CT molecular complexity index is 664. The lowest BCUT2D eigenvalue weighted by Gasteiger charge is -2.34. The van der Waals surface area contributed by atoms with Gasteiger partial charge in [0.1, 0.15) is 0 Å². The van der Waals surface area contributed by atoms with Crippen LogP contribution in [-0.2, 0) is 17.6 Å². The van der Waals surface area contributed by atoms with Crippen molar-refractivity contribution in [1.29, 1.82) is 0 Å². The third-order valence-corrected chi connectivity index (χ3v) is 7.77. The van der Waals surface area contributed by atoms with Crippen molar-refractivity contribution in [2.75, 3.05) is 37.7 Å². The minimum atomic E-state index is 0.216. The molecule has 29 heavy (non-hydrogen) atoms. The highest BCUT2D eigenvalue weighted by atomic mass is 32.2. The molecule has 0 bridgehead atoms. The van der Waals surface area contributed by atoms with Crippen molar-refractivity contribution in [2.45, 2.75) is 58.4 Å². The van der Waals surface area contributed by atoms with E-state index < -0.39 is 0 Å². The Kier molecular flexibility index (Phi) is 9.11. The zero-order valence-corrected chi connectivity index (χ0v) is 19.4. The molecule has 2 fully saturated rings. The molecule has 162 valence electrons. The van der Waals surface area contributed by atoms with E-state index in [1.54, 1.807) is 11.3 Å². The van der Waals surface area contributed by atoms with E-state index in [1.807, 2.05) is 18.0 Å². The predicted octanol–water partition coefficient (Wildman–Crippen LogP) is 2.94. The second kappa shape index (κ2) is 11.8. The van der Waals surface area contributed by atoms with E-state index in [1.165, 1.54) is 4.88 Å². The van der Waals surface area contributed by atoms with E-state index in [4.69, 9.17) is 4.99 Å². The van der Waals surface area contributed by atoms with Crippen molar-refractivity contribution in [2.24, 2.45) is 10.9 Å². The molecule has 0 atom stereocenters. The largest absolute Gasteiger partial charge is 0.357 e. The van der Waals surface area contributed by atoms with Gasteiger partial charge >= 0.3 is 0 Å². The molecule has 1 aliphatic carbocycles. The van der Waals surface area contributed by atoms with Crippen LogP contribution in [0.2, 0.25) is 0 Å². The van der Waals surface area contributed by atoms with Gasteiger partial charge in [-0.1, -0.05) is 6.92 Å². The number of aromatic nitrogens is 1. The van der Waals surface area contributed by atoms with Crippen molar-refractivity contribution in [3.05, 3.63) is 16.1 Å². The Balaban J connectivity index is 1.43. The molecule has 2 heterocycles. The Morgan fingerprint density at radius 3 is 2.66 bits per heavy atom. The summed E-state index contributed by atoms with van der Waals surface area (Å²) in [6.45, 7) is 7.71. The maximum Gasteiger partial charge on any atom is 0.225 e. The Labute approximate surface area is 183 Å². The van der Waals surface area contributed by atoms with Gasteiger partial charge in [0.05, 0.1) is 5.01 Å². The SMILES string of the molecule is CCNC(=NCCc1ncc(CC)s1)NC1CCC(C(=O)N2CCSCC2)CC1. The number of guanidine groups is 1. The molecular formula is C21H35N5OS2. The maximum absolute atomic E-state index is 12.7. The van der Waals surface area contributed by atoms with E-state index in [0.29, 0.717) is 11.9 Å². The number of carbonyl (C=O) groups excluding carboxylic acids is 1. The summed E-state index contributed by atoms with van der Waals surface area (Å²) in [5, 5.41) is 8.12. The smallest absolute Gasteiger partial charge is 0.225 e. The van der Waals surface area contributed by atoms with Gasteiger partial charge < -0.3 is 15.5 Å². The van der Waals surface area contributed by atoms with Gasteiger partial charge in [0.2, 0.25) is 5.91 Å². The molecule has 3 rings (SSSR count). The fourth-order valence-corrected chi connectivity index (χ4v) is 5.68. The Morgan fingerprint density at radius 1 is 1.24 bits per heavy atom. The average molecular weight is 438 g/mol. The molecule has 2 aliphatic rings. The first-order chi connectivity index (χ1) is 14.2. The summed E-state index contributed by atoms with van der Waals surface area (Å²) in [5.41, 5.74) is 0. The molecule has 1 aromatic rings. The average Bonchev–Trinajstić information content (AvgIpc) is 3.22. The molecule has 2 N–H and O–H groups in total. The topological polar surface area (TPSA) is 69.6 Å². The highest BCUT2D eigenvalue weighted by molar-refractivity contribution is 7.99. The number of rotatable bonds is 7. The highest BCUT2D eigenvalue weighted by Gasteiger charge is 2.30. The van der Waals surface area contributed by atoms with Crippen LogP contribution in [0.3, 0.4) is 0 Å². The van der Waals surface area contributed by atoms with E-state index >= 15 is 0 Å². The fourth-order valence-electron chi connectivity index (χ4n) is 3.93. The molecule has 0 spiro atoms. The lowest BCUT2D eigenvalue weighted by molar-refractivity contribution is -0.136. The lowest BCUT2D eigenvalue weighted by atomic mass is 9.85. The van der Waals surface area contributed by atoms with Gasteiger partial charge in [-0.3, -0.25) is 9.79 Å². The highest BCUT2D eigenvalue weighted by Crippen LogP contribution is 2.27. The molecule has 6 nitrogen and oxygen atoms in total. The second-order valence-corrected chi connectivity index (χ2v) is 10.1. The summed E-state index contributed by atoms with van der Waals surface area (Å²) in [5.74, 6) is 3.67. The number of nitrogens with zero attached hydrogens (tertiary/aromatic N) is 3. The quantitative estimate of drug-likeness (QED) is 0.507. The summed E-state index contributed by atoms with van der Waals surface area (Å²) in [6.07, 6.45) is 7.96. The van der Waals surface area contributed by atoms with Crippen LogP contribution >= 0.6 is 23.1 Å². The van der Waals surface area contributed by atoms with Gasteiger partial charge in [0.15, 0.2) is 5.96 Å². The van der Waals surface area contributed by atoms with Crippen molar-refractivity contribution < 1.29 is 4.79 Å². The van der Waals surface area contributed by atoms with Crippen LogP contribution < -0.4 is 10.6 Å². The number of aryl methyl sites for hydroxylation is 1. The van der Waals surface area contributed by atoms with Crippen LogP contribution in [-0.4, -0.2) is 65.5 Å². The van der Waals surface area contributed by atoms with Gasteiger partial charge in [0.25, 0.3) is 0 Å². The second-order valence-electron chi connectivity index (χ2n) is 7.72. The standard InChI is InChI=1S/C21H35N5OS2/c1-3-18-15-24-19(29-18)9-10-23-21(22-4-2)25-17-7-5-16(6-8-17)20(27)26-11-13-28-14-12-26/h15-17H,3-14H2,1-2H3,(H2,22,23,25). The third kappa shape index (κ3) is 6.88. The van der Waals surface area contributed by atoms with E-state index in [-0.39, 0.29) is 5.92 Å². The summed E-state index contributed by atoms with van der Waals surface area (Å²) >= 11 is 3.74. The number of carbonyl (C=O) groups is 1. The number of thiazole rings is 1. The van der Waals surface area contributed by atoms with Gasteiger partial charge in [-0.05, 0) is 39.0 Å². The van der Waals surface area contributed by atoms with Crippen LogP contribution in [0.15, 0.2) is 11.2 Å². The predicted molar refractivity (Wildman–Crippen MR) is 124 cm³/mol. The first-order valence-corrected chi connectivity index (χ1v) is 13.0. The lowest BCUT2D eigenvalue weighted by Crippen LogP contribution is -2.47. The number of aliphatic imine (C=N–C) groups is 1. The molecule has 0 aromatic carbocycles. The number of hydrogen-bond acceptors (Lipinski definition) is 5. The molecule has 1 amide bonds. The summed E-state index contributed by atoms with van der Waals surface area (Å²) in [6, 6.07) is 0.403.